The number of ether oxygens (including phenoxy) is 1. The molecule has 440 valence electrons. The van der Waals surface area contributed by atoms with Crippen LogP contribution in [0, 0.1) is 18.5 Å². The molecule has 6 heteroatoms. The molecule has 0 saturated heterocycles. The van der Waals surface area contributed by atoms with Crippen molar-refractivity contribution in [2.45, 2.75) is 105 Å². The minimum absolute atomic E-state index is 0. The normalized spacial score (nSPS) is 15.1. The number of hydrogen-bond donors (Lipinski definition) is 0. The van der Waals surface area contributed by atoms with Crippen molar-refractivity contribution in [2.75, 3.05) is 0 Å². The molecule has 0 bridgehead atoms. The second kappa shape index (κ2) is 23.0. The zero-order valence-electron chi connectivity index (χ0n) is 69.1. The van der Waals surface area contributed by atoms with Gasteiger partial charge < -0.3 is 13.9 Å². The van der Waals surface area contributed by atoms with Gasteiger partial charge in [0.05, 0.1) is 41.4 Å². The third kappa shape index (κ3) is 11.6. The van der Waals surface area contributed by atoms with Crippen LogP contribution in [0.1, 0.15) is 130 Å². The maximum Gasteiger partial charge on any atom is 0.268 e. The van der Waals surface area contributed by atoms with Crippen molar-refractivity contribution in [3.05, 3.63) is 271 Å². The van der Waals surface area contributed by atoms with Crippen molar-refractivity contribution in [3.8, 4) is 84.3 Å². The van der Waals surface area contributed by atoms with Crippen LogP contribution in [0.5, 0.6) is 11.5 Å². The first-order valence-electron chi connectivity index (χ1n) is 38.0. The second-order valence-electron chi connectivity index (χ2n) is 26.0. The summed E-state index contributed by atoms with van der Waals surface area (Å²) < 4.78 is 179. The number of hydrogen-bond acceptors (Lipinski definition) is 2. The molecule has 0 spiro atoms. The fourth-order valence-corrected chi connectivity index (χ4v) is 11.0. The number of nitrogens with zero attached hydrogens (tertiary/aromatic N) is 4. The standard InChI is InChI=1S/C82H74N4O.Pt/c1-79(2,3)63-39-40-83-77(50-63)86-73-34-23-22-33-69(73)70-37-36-68(52-75(70)86)87-67-32-24-31-66(51-67)84-53-85(74-38-35-57(48-76(74)84)60-44-64(80(4,5)6)49-65(45-60)81(7,8)9)78-71(46-61(47-72(78)82(10,11)12)56-29-20-15-21-30-56)62-42-58(54-25-16-13-17-26-54)41-59(43-62)55-27-18-14-19-28-55;/h13-50H,1-12H3;/q-2;/i13D,14D,15D,16D,17D,18D,19D,20D,21D,25D,26D,27D,28D,29D,30D,41D,42D,43D;. The summed E-state index contributed by atoms with van der Waals surface area (Å²) in [6.07, 6.45) is 5.46. The van der Waals surface area contributed by atoms with Crippen LogP contribution in [0.25, 0.3) is 106 Å². The van der Waals surface area contributed by atoms with E-state index < -0.39 is 142 Å². The Morgan fingerprint density at radius 1 is 0.455 bits per heavy atom. The molecule has 0 fully saturated rings. The van der Waals surface area contributed by atoms with Crippen LogP contribution in [0.15, 0.2) is 230 Å². The van der Waals surface area contributed by atoms with Crippen LogP contribution in [-0.4, -0.2) is 14.1 Å². The zero-order valence-corrected chi connectivity index (χ0v) is 53.3. The molecular weight excluding hydrogens is 1250 g/mol. The molecule has 0 aliphatic carbocycles. The van der Waals surface area contributed by atoms with Crippen molar-refractivity contribution >= 4 is 32.8 Å². The van der Waals surface area contributed by atoms with E-state index in [-0.39, 0.29) is 65.4 Å². The van der Waals surface area contributed by atoms with E-state index in [0.29, 0.717) is 33.9 Å². The molecule has 5 nitrogen and oxygen atoms in total. The zero-order chi connectivity index (χ0) is 76.2. The van der Waals surface area contributed by atoms with Crippen molar-refractivity contribution in [2.24, 2.45) is 0 Å². The van der Waals surface area contributed by atoms with Gasteiger partial charge in [0.1, 0.15) is 5.82 Å². The van der Waals surface area contributed by atoms with Gasteiger partial charge in [-0.25, -0.2) is 4.98 Å². The second-order valence-corrected chi connectivity index (χ2v) is 26.0. The fourth-order valence-electron chi connectivity index (χ4n) is 11.0. The van der Waals surface area contributed by atoms with Gasteiger partial charge >= 0.3 is 0 Å². The van der Waals surface area contributed by atoms with E-state index in [9.17, 15) is 12.3 Å². The van der Waals surface area contributed by atoms with Crippen molar-refractivity contribution < 1.29 is 55.0 Å². The molecule has 88 heavy (non-hydrogen) atoms. The Bertz CT molecular complexity index is 5660. The molecule has 0 saturated carbocycles. The molecule has 0 atom stereocenters. The summed E-state index contributed by atoms with van der Waals surface area (Å²) in [5.74, 6) is 1.34. The largest absolute Gasteiger partial charge is 0.510 e. The van der Waals surface area contributed by atoms with E-state index in [0.717, 1.165) is 49.6 Å². The van der Waals surface area contributed by atoms with Crippen molar-refractivity contribution in [3.63, 3.8) is 0 Å². The van der Waals surface area contributed by atoms with Gasteiger partial charge in [0.15, 0.2) is 0 Å². The molecule has 0 radical (unpaired) electrons. The van der Waals surface area contributed by atoms with Gasteiger partial charge in [-0.05, 0) is 159 Å². The molecule has 3 heterocycles. The molecule has 0 aliphatic heterocycles. The predicted octanol–water partition coefficient (Wildman–Crippen LogP) is 21.1. The number of imidazole rings is 1. The van der Waals surface area contributed by atoms with E-state index in [2.05, 4.69) is 116 Å². The SMILES string of the molecule is [2H]c1c([2H])c([2H])c(-c2cc(-c3c([2H])c(-c4c([2H])c([2H])c([2H])c([2H])c4[2H])c([2H])c(-c4c([2H])c([2H])c([2H])c([2H])c4[2H])c3[2H])c(-[n+]3[c-]n(-c4[c-]c(Oc5[c-]c6c(cc5)c5ccccc5n6-c5cc(C(C)(C)C)ccn5)ccc4)c4cc(-c5cc(C(C)(C)C)cc(C(C)(C)C)c5)ccc43)c(C(C)(C)C)c2)c([2H])c1[2H].[Pt]. The molecule has 3 aromatic heterocycles. The van der Waals surface area contributed by atoms with Crippen molar-refractivity contribution in [1.82, 2.24) is 14.1 Å². The van der Waals surface area contributed by atoms with Gasteiger partial charge in [-0.1, -0.05) is 234 Å². The average molecular weight is 1340 g/mol. The van der Waals surface area contributed by atoms with Crippen molar-refractivity contribution in [1.29, 1.82) is 0 Å². The van der Waals surface area contributed by atoms with Gasteiger partial charge in [-0.3, -0.25) is 4.57 Å². The Hall–Kier alpha value is -8.89. The first-order chi connectivity index (χ1) is 49.1. The fraction of sp³-hybridized carbons (Fsp3) is 0.195. The Morgan fingerprint density at radius 3 is 1.65 bits per heavy atom. The number of para-hydroxylation sites is 1. The number of pyridine rings is 1. The number of rotatable bonds is 10. The first kappa shape index (κ1) is 41.3. The van der Waals surface area contributed by atoms with Crippen LogP contribution in [0.4, 0.5) is 0 Å². The molecule has 0 amide bonds. The summed E-state index contributed by atoms with van der Waals surface area (Å²) in [7, 11) is 0. The van der Waals surface area contributed by atoms with E-state index in [4.69, 9.17) is 22.1 Å². The van der Waals surface area contributed by atoms with Gasteiger partial charge in [-0.15, -0.1) is 29.7 Å². The molecule has 0 unspecified atom stereocenters. The van der Waals surface area contributed by atoms with E-state index in [1.165, 1.54) is 6.07 Å². The molecule has 13 aromatic rings. The minimum Gasteiger partial charge on any atom is -0.510 e. The third-order valence-electron chi connectivity index (χ3n) is 15.7. The average Bonchev–Trinajstić information content (AvgIpc) is 1.04. The van der Waals surface area contributed by atoms with Gasteiger partial charge in [-0.2, -0.15) is 18.2 Å². The Morgan fingerprint density at radius 2 is 1.03 bits per heavy atom. The minimum atomic E-state index is -1.07. The van der Waals surface area contributed by atoms with Crippen LogP contribution >= 0.6 is 0 Å². The van der Waals surface area contributed by atoms with E-state index >= 15 is 0 Å². The first-order valence-corrected chi connectivity index (χ1v) is 29.0. The summed E-state index contributed by atoms with van der Waals surface area (Å²) in [6, 6.07) is 30.0. The summed E-state index contributed by atoms with van der Waals surface area (Å²) >= 11 is 0. The number of aromatic nitrogens is 4. The van der Waals surface area contributed by atoms with Crippen LogP contribution in [-0.2, 0) is 42.7 Å². The Kier molecular flexibility index (Phi) is 10.8. The van der Waals surface area contributed by atoms with Gasteiger partial charge in [0.2, 0.25) is 0 Å². The smallest absolute Gasteiger partial charge is 0.268 e. The molecular formula is C82H74N4OPt-2. The van der Waals surface area contributed by atoms with Crippen LogP contribution in [0.2, 0.25) is 0 Å². The molecule has 0 N–H and O–H groups in total. The van der Waals surface area contributed by atoms with Gasteiger partial charge in [0, 0.05) is 44.3 Å². The van der Waals surface area contributed by atoms with E-state index in [1.54, 1.807) is 27.3 Å². The number of fused-ring (bicyclic) bond motifs is 4. The van der Waals surface area contributed by atoms with E-state index in [1.807, 2.05) is 87.6 Å². The topological polar surface area (TPSA) is 35.9 Å². The van der Waals surface area contributed by atoms with Crippen LogP contribution in [0.3, 0.4) is 0 Å². The monoisotopic (exact) mass is 1340 g/mol. The summed E-state index contributed by atoms with van der Waals surface area (Å²) in [5, 5.41) is 1.91. The summed E-state index contributed by atoms with van der Waals surface area (Å²) in [4.78, 5) is 4.87. The molecule has 10 aromatic carbocycles. The van der Waals surface area contributed by atoms with Crippen LogP contribution < -0.4 is 9.30 Å². The number of benzene rings is 10. The predicted molar refractivity (Wildman–Crippen MR) is 362 cm³/mol. The maximum absolute atomic E-state index is 10.6. The molecule has 13 rings (SSSR count). The Labute approximate surface area is 559 Å². The summed E-state index contributed by atoms with van der Waals surface area (Å²) in [5.41, 5.74) is 3.07. The summed E-state index contributed by atoms with van der Waals surface area (Å²) in [6.45, 7) is 25.0. The Balaban J connectivity index is 0.0000105. The maximum atomic E-state index is 10.6. The quantitative estimate of drug-likeness (QED) is 0.101. The molecule has 0 aliphatic rings. The third-order valence-corrected chi connectivity index (χ3v) is 15.7. The van der Waals surface area contributed by atoms with Gasteiger partial charge in [0.25, 0.3) is 6.33 Å².